The van der Waals surface area contributed by atoms with Crippen LogP contribution in [0.25, 0.3) is 5.57 Å². The Kier molecular flexibility index (Phi) is 4.42. The van der Waals surface area contributed by atoms with Crippen LogP contribution in [-0.4, -0.2) is 9.97 Å². The van der Waals surface area contributed by atoms with Crippen LogP contribution in [0.3, 0.4) is 0 Å². The second kappa shape index (κ2) is 6.51. The maximum absolute atomic E-state index is 13.3. The molecule has 0 N–H and O–H groups in total. The van der Waals surface area contributed by atoms with Gasteiger partial charge in [0.05, 0.1) is 14.8 Å². The van der Waals surface area contributed by atoms with Gasteiger partial charge < -0.3 is 0 Å². The van der Waals surface area contributed by atoms with Crippen LogP contribution in [0.2, 0.25) is 5.02 Å². The summed E-state index contributed by atoms with van der Waals surface area (Å²) in [5, 5.41) is 28.3. The SMILES string of the molecule is N#CC(=C1Sc2nc(C#N)c(C#N)nc2S1)c1ccc(F)c(Cl)c1. The monoisotopic (exact) mass is 371 g/mol. The van der Waals surface area contributed by atoms with E-state index in [9.17, 15) is 9.65 Å². The molecule has 5 nitrogen and oxygen atoms in total. The zero-order valence-electron chi connectivity index (χ0n) is 11.5. The molecule has 1 aromatic heterocycles. The molecule has 0 aliphatic carbocycles. The van der Waals surface area contributed by atoms with Crippen molar-refractivity contribution in [1.29, 1.82) is 15.8 Å². The Morgan fingerprint density at radius 3 is 2.08 bits per heavy atom. The van der Waals surface area contributed by atoms with Gasteiger partial charge in [0.2, 0.25) is 0 Å². The number of rotatable bonds is 1. The van der Waals surface area contributed by atoms with Gasteiger partial charge >= 0.3 is 0 Å². The van der Waals surface area contributed by atoms with Crippen LogP contribution < -0.4 is 0 Å². The van der Waals surface area contributed by atoms with E-state index in [4.69, 9.17) is 22.1 Å². The second-order valence-electron chi connectivity index (χ2n) is 4.36. The first-order valence-electron chi connectivity index (χ1n) is 6.25. The summed E-state index contributed by atoms with van der Waals surface area (Å²) in [7, 11) is 0. The minimum absolute atomic E-state index is 0.0612. The molecule has 3 rings (SSSR count). The molecule has 0 unspecified atom stereocenters. The Morgan fingerprint density at radius 1 is 1.04 bits per heavy atom. The fraction of sp³-hybridized carbons (Fsp3) is 0. The number of aromatic nitrogens is 2. The number of fused-ring (bicyclic) bond motifs is 1. The van der Waals surface area contributed by atoms with E-state index in [2.05, 4.69) is 16.0 Å². The van der Waals surface area contributed by atoms with Gasteiger partial charge in [-0.15, -0.1) is 0 Å². The highest BCUT2D eigenvalue weighted by Gasteiger charge is 2.27. The predicted octanol–water partition coefficient (Wildman–Crippen LogP) is 4.10. The van der Waals surface area contributed by atoms with Gasteiger partial charge in [0.1, 0.15) is 34.1 Å². The summed E-state index contributed by atoms with van der Waals surface area (Å²) in [6.45, 7) is 0. The fourth-order valence-electron chi connectivity index (χ4n) is 1.87. The maximum atomic E-state index is 13.3. The third-order valence-corrected chi connectivity index (χ3v) is 5.60. The Hall–Kier alpha value is -2.57. The van der Waals surface area contributed by atoms with E-state index in [1.54, 1.807) is 0 Å². The lowest BCUT2D eigenvalue weighted by molar-refractivity contribution is 0.628. The van der Waals surface area contributed by atoms with Gasteiger partial charge in [0.15, 0.2) is 11.4 Å². The summed E-state index contributed by atoms with van der Waals surface area (Å²) in [5.74, 6) is -0.571. The lowest BCUT2D eigenvalue weighted by atomic mass is 10.1. The van der Waals surface area contributed by atoms with Crippen molar-refractivity contribution in [3.05, 3.63) is 50.2 Å². The van der Waals surface area contributed by atoms with Crippen molar-refractivity contribution in [2.45, 2.75) is 10.1 Å². The molecule has 9 heteroatoms. The van der Waals surface area contributed by atoms with Gasteiger partial charge in [0, 0.05) is 0 Å². The minimum Gasteiger partial charge on any atom is -0.224 e. The molecule has 1 aliphatic heterocycles. The summed E-state index contributed by atoms with van der Waals surface area (Å²) in [6.07, 6.45) is 0. The highest BCUT2D eigenvalue weighted by Crippen LogP contribution is 2.52. The first kappa shape index (κ1) is 16.3. The molecule has 2 heterocycles. The molecule has 1 aromatic carbocycles. The first-order valence-corrected chi connectivity index (χ1v) is 8.26. The average Bonchev–Trinajstić information content (AvgIpc) is 2.99. The van der Waals surface area contributed by atoms with Gasteiger partial charge in [0.25, 0.3) is 0 Å². The standard InChI is InChI=1S/C15H3ClFN5S2/c16-9-3-7(1-2-10(9)17)8(4-18)15-23-13-14(24-15)22-12(6-20)11(5-19)21-13/h1-3H. The van der Waals surface area contributed by atoms with E-state index in [1.807, 2.05) is 12.1 Å². The van der Waals surface area contributed by atoms with Crippen molar-refractivity contribution in [3.63, 3.8) is 0 Å². The second-order valence-corrected chi connectivity index (χ2v) is 7.03. The predicted molar refractivity (Wildman–Crippen MR) is 87.1 cm³/mol. The van der Waals surface area contributed by atoms with Gasteiger partial charge in [-0.25, -0.2) is 14.4 Å². The molecule has 2 aromatic rings. The van der Waals surface area contributed by atoms with Crippen LogP contribution in [0.15, 0.2) is 32.5 Å². The molecule has 0 bridgehead atoms. The number of hydrogen-bond donors (Lipinski definition) is 0. The number of hydrogen-bond acceptors (Lipinski definition) is 7. The van der Waals surface area contributed by atoms with Crippen molar-refractivity contribution in [2.24, 2.45) is 0 Å². The number of nitriles is 3. The minimum atomic E-state index is -0.571. The Balaban J connectivity index is 2.08. The highest BCUT2D eigenvalue weighted by molar-refractivity contribution is 8.24. The molecular weight excluding hydrogens is 369 g/mol. The Labute approximate surface area is 149 Å². The van der Waals surface area contributed by atoms with Crippen LogP contribution in [-0.2, 0) is 0 Å². The fourth-order valence-corrected chi connectivity index (χ4v) is 4.36. The molecule has 0 fully saturated rings. The first-order chi connectivity index (χ1) is 11.6. The topological polar surface area (TPSA) is 97.1 Å². The van der Waals surface area contributed by atoms with E-state index in [0.29, 0.717) is 25.4 Å². The zero-order chi connectivity index (χ0) is 17.3. The summed E-state index contributed by atoms with van der Waals surface area (Å²) < 4.78 is 13.9. The van der Waals surface area contributed by atoms with Gasteiger partial charge in [-0.3, -0.25) is 0 Å². The van der Waals surface area contributed by atoms with Crippen LogP contribution in [0.5, 0.6) is 0 Å². The highest BCUT2D eigenvalue weighted by atomic mass is 35.5. The van der Waals surface area contributed by atoms with Crippen molar-refractivity contribution >= 4 is 40.7 Å². The van der Waals surface area contributed by atoms with Gasteiger partial charge in [-0.1, -0.05) is 41.2 Å². The molecule has 0 atom stereocenters. The molecular formula is C15H3ClFN5S2. The Bertz CT molecular complexity index is 985. The van der Waals surface area contributed by atoms with E-state index in [0.717, 1.165) is 0 Å². The molecule has 0 radical (unpaired) electrons. The average molecular weight is 372 g/mol. The molecule has 0 saturated carbocycles. The number of nitrogens with zero attached hydrogens (tertiary/aromatic N) is 5. The third kappa shape index (κ3) is 2.81. The number of thioether (sulfide) groups is 2. The number of benzene rings is 1. The normalized spacial score (nSPS) is 12.0. The van der Waals surface area contributed by atoms with Crippen LogP contribution in [0.4, 0.5) is 4.39 Å². The molecule has 114 valence electrons. The molecule has 24 heavy (non-hydrogen) atoms. The maximum Gasteiger partial charge on any atom is 0.178 e. The molecule has 1 aliphatic rings. The summed E-state index contributed by atoms with van der Waals surface area (Å²) in [6, 6.07) is 9.72. The van der Waals surface area contributed by atoms with E-state index in [1.165, 1.54) is 41.7 Å². The van der Waals surface area contributed by atoms with Gasteiger partial charge in [-0.2, -0.15) is 15.8 Å². The summed E-state index contributed by atoms with van der Waals surface area (Å²) in [4.78, 5) is 8.20. The third-order valence-electron chi connectivity index (χ3n) is 2.95. The van der Waals surface area contributed by atoms with E-state index >= 15 is 0 Å². The van der Waals surface area contributed by atoms with Crippen LogP contribution in [0, 0.1) is 39.8 Å². The smallest absolute Gasteiger partial charge is 0.178 e. The van der Waals surface area contributed by atoms with Crippen molar-refractivity contribution in [2.75, 3.05) is 0 Å². The van der Waals surface area contributed by atoms with E-state index < -0.39 is 5.82 Å². The van der Waals surface area contributed by atoms with Crippen LogP contribution >= 0.6 is 35.1 Å². The largest absolute Gasteiger partial charge is 0.224 e. The van der Waals surface area contributed by atoms with Crippen molar-refractivity contribution in [3.8, 4) is 18.2 Å². The lowest BCUT2D eigenvalue weighted by Gasteiger charge is -2.03. The van der Waals surface area contributed by atoms with Gasteiger partial charge in [-0.05, 0) is 17.7 Å². The van der Waals surface area contributed by atoms with Crippen LogP contribution in [0.1, 0.15) is 17.0 Å². The summed E-state index contributed by atoms with van der Waals surface area (Å²) >= 11 is 8.12. The van der Waals surface area contributed by atoms with Crippen molar-refractivity contribution in [1.82, 2.24) is 9.97 Å². The summed E-state index contributed by atoms with van der Waals surface area (Å²) in [5.41, 5.74) is 0.638. The number of halogens is 2. The van der Waals surface area contributed by atoms with Crippen molar-refractivity contribution < 1.29 is 4.39 Å². The molecule has 0 spiro atoms. The quantitative estimate of drug-likeness (QED) is 0.696. The zero-order valence-corrected chi connectivity index (χ0v) is 13.9. The number of allylic oxidation sites excluding steroid dienone is 1. The molecule has 0 saturated heterocycles. The lowest BCUT2D eigenvalue weighted by Crippen LogP contribution is -1.96. The Morgan fingerprint density at radius 2 is 1.62 bits per heavy atom. The molecule has 0 amide bonds. The van der Waals surface area contributed by atoms with E-state index in [-0.39, 0.29) is 16.4 Å².